The third-order valence-corrected chi connectivity index (χ3v) is 4.59. The summed E-state index contributed by atoms with van der Waals surface area (Å²) in [4.78, 5) is 6.83. The summed E-state index contributed by atoms with van der Waals surface area (Å²) < 4.78 is 1.83. The molecular weight excluding hydrogens is 294 g/mol. The Morgan fingerprint density at radius 2 is 2.00 bits per heavy atom. The van der Waals surface area contributed by atoms with E-state index in [1.54, 1.807) is 17.5 Å². The molecule has 4 nitrogen and oxygen atoms in total. The molecule has 0 bridgehead atoms. The van der Waals surface area contributed by atoms with Gasteiger partial charge in [-0.2, -0.15) is 0 Å². The van der Waals surface area contributed by atoms with Gasteiger partial charge in [0, 0.05) is 41.4 Å². The van der Waals surface area contributed by atoms with E-state index < -0.39 is 6.10 Å². The van der Waals surface area contributed by atoms with Crippen LogP contribution in [0.25, 0.3) is 0 Å². The van der Waals surface area contributed by atoms with Crippen molar-refractivity contribution in [2.24, 2.45) is 7.05 Å². The minimum atomic E-state index is -0.700. The molecule has 5 heteroatoms. The summed E-state index contributed by atoms with van der Waals surface area (Å²) >= 11 is 1.80. The molecular formula is C17H19N3OS. The van der Waals surface area contributed by atoms with Gasteiger partial charge in [0.25, 0.3) is 0 Å². The second-order valence-electron chi connectivity index (χ2n) is 5.29. The molecule has 114 valence electrons. The van der Waals surface area contributed by atoms with Crippen LogP contribution in [0.3, 0.4) is 0 Å². The van der Waals surface area contributed by atoms with Gasteiger partial charge in [-0.15, -0.1) is 11.3 Å². The van der Waals surface area contributed by atoms with E-state index in [2.05, 4.69) is 29.4 Å². The van der Waals surface area contributed by atoms with E-state index in [4.69, 9.17) is 0 Å². The van der Waals surface area contributed by atoms with Gasteiger partial charge in [-0.1, -0.05) is 12.1 Å². The maximum absolute atomic E-state index is 10.4. The first-order valence-corrected chi connectivity index (χ1v) is 7.99. The maximum Gasteiger partial charge on any atom is 0.142 e. The second-order valence-corrected chi connectivity index (χ2v) is 6.66. The Bertz CT molecular complexity index is 745. The molecule has 3 rings (SSSR count). The van der Waals surface area contributed by atoms with Crippen LogP contribution in [0.2, 0.25) is 0 Å². The fourth-order valence-corrected chi connectivity index (χ4v) is 3.17. The van der Waals surface area contributed by atoms with Gasteiger partial charge in [-0.25, -0.2) is 4.98 Å². The summed E-state index contributed by atoms with van der Waals surface area (Å²) in [6.45, 7) is 2.93. The Labute approximate surface area is 134 Å². The third kappa shape index (κ3) is 3.21. The van der Waals surface area contributed by atoms with Crippen LogP contribution in [0.5, 0.6) is 0 Å². The van der Waals surface area contributed by atoms with E-state index in [1.165, 1.54) is 9.75 Å². The number of rotatable bonds is 5. The number of benzene rings is 1. The molecule has 2 heterocycles. The van der Waals surface area contributed by atoms with Gasteiger partial charge in [-0.3, -0.25) is 0 Å². The Balaban J connectivity index is 1.66. The lowest BCUT2D eigenvalue weighted by Crippen LogP contribution is -2.07. The second kappa shape index (κ2) is 6.34. The Morgan fingerprint density at radius 3 is 2.59 bits per heavy atom. The van der Waals surface area contributed by atoms with Gasteiger partial charge in [0.1, 0.15) is 11.9 Å². The average molecular weight is 313 g/mol. The molecule has 22 heavy (non-hydrogen) atoms. The highest BCUT2D eigenvalue weighted by Gasteiger charge is 2.14. The van der Waals surface area contributed by atoms with Crippen molar-refractivity contribution in [3.05, 3.63) is 69.9 Å². The molecule has 0 amide bonds. The van der Waals surface area contributed by atoms with Gasteiger partial charge in [0.2, 0.25) is 0 Å². The number of hydrogen-bond acceptors (Lipinski definition) is 4. The van der Waals surface area contributed by atoms with Crippen LogP contribution < -0.4 is 5.32 Å². The van der Waals surface area contributed by atoms with Crippen molar-refractivity contribution in [2.45, 2.75) is 19.6 Å². The van der Waals surface area contributed by atoms with Crippen molar-refractivity contribution in [3.8, 4) is 0 Å². The smallest absolute Gasteiger partial charge is 0.142 e. The molecule has 2 aromatic heterocycles. The summed E-state index contributed by atoms with van der Waals surface area (Å²) in [6.07, 6.45) is 2.82. The maximum atomic E-state index is 10.4. The number of hydrogen-bond donors (Lipinski definition) is 2. The molecule has 3 aromatic rings. The van der Waals surface area contributed by atoms with Gasteiger partial charge in [-0.05, 0) is 36.8 Å². The molecule has 0 aliphatic rings. The predicted molar refractivity (Wildman–Crippen MR) is 90.1 cm³/mol. The van der Waals surface area contributed by atoms with Gasteiger partial charge >= 0.3 is 0 Å². The zero-order valence-corrected chi connectivity index (χ0v) is 13.5. The average Bonchev–Trinajstić information content (AvgIpc) is 3.13. The summed E-state index contributed by atoms with van der Waals surface area (Å²) in [7, 11) is 1.88. The van der Waals surface area contributed by atoms with E-state index in [1.807, 2.05) is 42.1 Å². The van der Waals surface area contributed by atoms with Crippen molar-refractivity contribution >= 4 is 17.0 Å². The minimum absolute atomic E-state index is 0.648. The lowest BCUT2D eigenvalue weighted by molar-refractivity contribution is 0.206. The van der Waals surface area contributed by atoms with Crippen molar-refractivity contribution < 1.29 is 5.11 Å². The fourth-order valence-electron chi connectivity index (χ4n) is 2.34. The summed E-state index contributed by atoms with van der Waals surface area (Å²) in [5.41, 5.74) is 1.88. The molecule has 0 aliphatic carbocycles. The highest BCUT2D eigenvalue weighted by Crippen LogP contribution is 2.22. The van der Waals surface area contributed by atoms with Gasteiger partial charge < -0.3 is 15.0 Å². The van der Waals surface area contributed by atoms with Crippen LogP contribution in [-0.4, -0.2) is 14.7 Å². The molecule has 0 unspecified atom stereocenters. The number of imidazole rings is 1. The number of anilines is 1. The van der Waals surface area contributed by atoms with Gasteiger partial charge in [0.15, 0.2) is 0 Å². The third-order valence-electron chi connectivity index (χ3n) is 3.59. The molecule has 0 saturated heterocycles. The predicted octanol–water partition coefficient (Wildman–Crippen LogP) is 3.48. The minimum Gasteiger partial charge on any atom is -0.380 e. The highest BCUT2D eigenvalue weighted by molar-refractivity contribution is 7.11. The number of nitrogens with one attached hydrogen (secondary N) is 1. The number of nitrogens with zero attached hydrogens (tertiary/aromatic N) is 2. The van der Waals surface area contributed by atoms with E-state index in [0.29, 0.717) is 5.82 Å². The molecule has 0 aliphatic heterocycles. The van der Waals surface area contributed by atoms with Crippen LogP contribution in [0.1, 0.15) is 27.2 Å². The molecule has 0 fully saturated rings. The molecule has 0 spiro atoms. The molecule has 0 radical (unpaired) electrons. The van der Waals surface area contributed by atoms with Crippen LogP contribution in [0.15, 0.2) is 48.8 Å². The monoisotopic (exact) mass is 313 g/mol. The standard InChI is InChI=1S/C17H19N3OS/c1-12-3-8-15(22-12)11-19-14-6-4-13(5-7-14)16(21)17-18-9-10-20(17)2/h3-10,16,19,21H,11H2,1-2H3/t16-/m0/s1. The molecule has 1 atom stereocenters. The lowest BCUT2D eigenvalue weighted by atomic mass is 10.1. The van der Waals surface area contributed by atoms with Crippen LogP contribution in [-0.2, 0) is 13.6 Å². The number of aliphatic hydroxyl groups excluding tert-OH is 1. The summed E-state index contributed by atoms with van der Waals surface area (Å²) in [5, 5.41) is 13.8. The number of aryl methyl sites for hydroxylation is 2. The van der Waals surface area contributed by atoms with Gasteiger partial charge in [0.05, 0.1) is 0 Å². The van der Waals surface area contributed by atoms with E-state index >= 15 is 0 Å². The largest absolute Gasteiger partial charge is 0.380 e. The Hall–Kier alpha value is -2.11. The number of aliphatic hydroxyl groups is 1. The number of thiophene rings is 1. The molecule has 0 saturated carbocycles. The Kier molecular flexibility index (Phi) is 4.27. The van der Waals surface area contributed by atoms with Crippen LogP contribution >= 0.6 is 11.3 Å². The topological polar surface area (TPSA) is 50.1 Å². The van der Waals surface area contributed by atoms with Crippen LogP contribution in [0.4, 0.5) is 5.69 Å². The van der Waals surface area contributed by atoms with Crippen molar-refractivity contribution in [1.29, 1.82) is 0 Å². The van der Waals surface area contributed by atoms with E-state index in [-0.39, 0.29) is 0 Å². The summed E-state index contributed by atoms with van der Waals surface area (Å²) in [6, 6.07) is 12.1. The van der Waals surface area contributed by atoms with E-state index in [0.717, 1.165) is 17.8 Å². The van der Waals surface area contributed by atoms with E-state index in [9.17, 15) is 5.11 Å². The molecule has 1 aromatic carbocycles. The zero-order chi connectivity index (χ0) is 15.5. The van der Waals surface area contributed by atoms with Crippen molar-refractivity contribution in [1.82, 2.24) is 9.55 Å². The van der Waals surface area contributed by atoms with Crippen molar-refractivity contribution in [3.63, 3.8) is 0 Å². The first-order chi connectivity index (χ1) is 10.6. The van der Waals surface area contributed by atoms with Crippen LogP contribution in [0, 0.1) is 6.92 Å². The number of aromatic nitrogens is 2. The first-order valence-electron chi connectivity index (χ1n) is 7.18. The summed E-state index contributed by atoms with van der Waals surface area (Å²) in [5.74, 6) is 0.648. The lowest BCUT2D eigenvalue weighted by Gasteiger charge is -2.12. The zero-order valence-electron chi connectivity index (χ0n) is 12.7. The quantitative estimate of drug-likeness (QED) is 0.758. The Morgan fingerprint density at radius 1 is 1.23 bits per heavy atom. The normalized spacial score (nSPS) is 12.3. The SMILES string of the molecule is Cc1ccc(CNc2ccc([C@H](O)c3nccn3C)cc2)s1. The molecule has 2 N–H and O–H groups in total. The first kappa shape index (κ1) is 14.8. The van der Waals surface area contributed by atoms with Crippen molar-refractivity contribution in [2.75, 3.05) is 5.32 Å². The fraction of sp³-hybridized carbons (Fsp3) is 0.235. The highest BCUT2D eigenvalue weighted by atomic mass is 32.1.